The molecule has 0 aliphatic carbocycles. The van der Waals surface area contributed by atoms with Crippen molar-refractivity contribution in [2.24, 2.45) is 0 Å². The quantitative estimate of drug-likeness (QED) is 0.407. The van der Waals surface area contributed by atoms with Crippen LogP contribution in [0.2, 0.25) is 0 Å². The van der Waals surface area contributed by atoms with E-state index < -0.39 is 7.60 Å². The Morgan fingerprint density at radius 1 is 0.786 bits per heavy atom. The van der Waals surface area contributed by atoms with E-state index in [0.717, 1.165) is 68.9 Å². The maximum Gasteiger partial charge on any atom is 0.408 e. The van der Waals surface area contributed by atoms with Crippen molar-refractivity contribution in [2.45, 2.75) is 78.6 Å². The minimum Gasteiger partial charge on any atom is -0.421 e. The third-order valence-corrected chi connectivity index (χ3v) is 6.62. The van der Waals surface area contributed by atoms with Gasteiger partial charge in [-0.2, -0.15) is 0 Å². The first-order valence-corrected chi connectivity index (χ1v) is 12.3. The van der Waals surface area contributed by atoms with Gasteiger partial charge in [0.1, 0.15) is 5.75 Å². The van der Waals surface area contributed by atoms with Crippen molar-refractivity contribution in [3.05, 3.63) is 59.2 Å². The van der Waals surface area contributed by atoms with Crippen LogP contribution in [0.5, 0.6) is 5.75 Å². The highest BCUT2D eigenvalue weighted by Gasteiger charge is 2.28. The predicted molar refractivity (Wildman–Crippen MR) is 119 cm³/mol. The average Bonchev–Trinajstić information content (AvgIpc) is 2.70. The molecule has 0 aliphatic heterocycles. The Morgan fingerprint density at radius 3 is 2.04 bits per heavy atom. The first-order chi connectivity index (χ1) is 13.5. The average molecular weight is 403 g/mol. The molecule has 154 valence electrons. The van der Waals surface area contributed by atoms with Crippen LogP contribution in [-0.2, 0) is 23.8 Å². The zero-order chi connectivity index (χ0) is 20.4. The van der Waals surface area contributed by atoms with Crippen LogP contribution in [0.3, 0.4) is 0 Å². The molecule has 1 unspecified atom stereocenters. The normalized spacial score (nSPS) is 13.3. The monoisotopic (exact) mass is 402 g/mol. The van der Waals surface area contributed by atoms with Gasteiger partial charge in [0, 0.05) is 0 Å². The molecule has 1 atom stereocenters. The van der Waals surface area contributed by atoms with Gasteiger partial charge < -0.3 is 9.42 Å². The summed E-state index contributed by atoms with van der Waals surface area (Å²) < 4.78 is 19.1. The molecule has 2 aromatic rings. The third-order valence-electron chi connectivity index (χ3n) is 5.13. The van der Waals surface area contributed by atoms with Gasteiger partial charge in [0.25, 0.3) is 0 Å². The number of hydrogen-bond acceptors (Lipinski definition) is 2. The molecule has 3 nitrogen and oxygen atoms in total. The molecule has 0 heterocycles. The molecular formula is C24H35O3P. The first-order valence-electron chi connectivity index (χ1n) is 10.7. The van der Waals surface area contributed by atoms with Gasteiger partial charge in [0.15, 0.2) is 0 Å². The van der Waals surface area contributed by atoms with E-state index >= 15 is 0 Å². The largest absolute Gasteiger partial charge is 0.421 e. The lowest BCUT2D eigenvalue weighted by molar-refractivity contribution is 0.391. The van der Waals surface area contributed by atoms with Crippen molar-refractivity contribution < 1.29 is 14.0 Å². The van der Waals surface area contributed by atoms with E-state index in [1.165, 1.54) is 5.56 Å². The molecule has 0 aliphatic rings. The van der Waals surface area contributed by atoms with Gasteiger partial charge in [0.2, 0.25) is 0 Å². The maximum atomic E-state index is 13.3. The molecule has 2 rings (SSSR count). The molecule has 2 aromatic carbocycles. The Morgan fingerprint density at radius 2 is 1.36 bits per heavy atom. The zero-order valence-electron chi connectivity index (χ0n) is 17.6. The van der Waals surface area contributed by atoms with Gasteiger partial charge in [0.05, 0.1) is 5.30 Å². The van der Waals surface area contributed by atoms with Gasteiger partial charge in [-0.05, 0) is 67.3 Å². The van der Waals surface area contributed by atoms with Gasteiger partial charge in [-0.1, -0.05) is 70.4 Å². The molecular weight excluding hydrogens is 367 g/mol. The van der Waals surface area contributed by atoms with Crippen molar-refractivity contribution in [1.29, 1.82) is 0 Å². The van der Waals surface area contributed by atoms with Crippen LogP contribution < -0.4 is 9.83 Å². The summed E-state index contributed by atoms with van der Waals surface area (Å²) in [5, 5.41) is 0.434. The van der Waals surface area contributed by atoms with Crippen molar-refractivity contribution in [2.75, 3.05) is 0 Å². The number of unbranched alkanes of at least 4 members (excludes halogenated alkanes) is 3. The van der Waals surface area contributed by atoms with Crippen LogP contribution in [-0.4, -0.2) is 4.89 Å². The van der Waals surface area contributed by atoms with Crippen LogP contribution in [0.15, 0.2) is 42.5 Å². The molecule has 0 saturated heterocycles. The van der Waals surface area contributed by atoms with E-state index in [2.05, 4.69) is 26.8 Å². The lowest BCUT2D eigenvalue weighted by Crippen LogP contribution is -2.15. The second-order valence-electron chi connectivity index (χ2n) is 7.44. The number of rotatable bonds is 12. The predicted octanol–water partition coefficient (Wildman–Crippen LogP) is 6.60. The second kappa shape index (κ2) is 11.4. The Balaban J connectivity index is 2.36. The van der Waals surface area contributed by atoms with Crippen LogP contribution in [0.4, 0.5) is 0 Å². The van der Waals surface area contributed by atoms with Crippen LogP contribution in [0.1, 0.15) is 76.0 Å². The van der Waals surface area contributed by atoms with Gasteiger partial charge in [-0.15, -0.1) is 0 Å². The topological polar surface area (TPSA) is 46.5 Å². The summed E-state index contributed by atoms with van der Waals surface area (Å²) in [6, 6.07) is 13.3. The summed E-state index contributed by atoms with van der Waals surface area (Å²) in [6.45, 7) is 6.47. The number of hydrogen-bond donors (Lipinski definition) is 1. The fourth-order valence-corrected chi connectivity index (χ4v) is 4.84. The summed E-state index contributed by atoms with van der Waals surface area (Å²) in [5.41, 5.74) is 3.25. The molecule has 0 aromatic heterocycles. The van der Waals surface area contributed by atoms with Crippen LogP contribution >= 0.6 is 7.60 Å². The highest BCUT2D eigenvalue weighted by atomic mass is 31.2. The second-order valence-corrected chi connectivity index (χ2v) is 9.15. The Kier molecular flexibility index (Phi) is 9.28. The first kappa shape index (κ1) is 22.7. The van der Waals surface area contributed by atoms with E-state index in [1.807, 2.05) is 30.3 Å². The van der Waals surface area contributed by atoms with Gasteiger partial charge in [-0.25, -0.2) is 4.57 Å². The zero-order valence-corrected chi connectivity index (χ0v) is 18.5. The van der Waals surface area contributed by atoms with E-state index in [9.17, 15) is 9.46 Å². The number of aryl methyl sites for hydroxylation is 2. The summed E-state index contributed by atoms with van der Waals surface area (Å²) >= 11 is 0. The fourth-order valence-electron chi connectivity index (χ4n) is 3.48. The fraction of sp³-hybridized carbons (Fsp3) is 0.500. The lowest BCUT2D eigenvalue weighted by atomic mass is 9.97. The minimum atomic E-state index is -3.95. The summed E-state index contributed by atoms with van der Waals surface area (Å²) in [4.78, 5) is 10.9. The highest BCUT2D eigenvalue weighted by molar-refractivity contribution is 7.61. The molecule has 1 N–H and O–H groups in total. The van der Waals surface area contributed by atoms with Crippen molar-refractivity contribution in [1.82, 2.24) is 0 Å². The third kappa shape index (κ3) is 6.22. The van der Waals surface area contributed by atoms with E-state index in [1.54, 1.807) is 6.07 Å². The van der Waals surface area contributed by atoms with E-state index in [0.29, 0.717) is 11.1 Å². The molecule has 0 spiro atoms. The number of benzene rings is 2. The summed E-state index contributed by atoms with van der Waals surface area (Å²) in [7, 11) is -3.95. The smallest absolute Gasteiger partial charge is 0.408 e. The maximum absolute atomic E-state index is 13.3. The standard InChI is InChI=1S/C24H35O3P/c1-4-7-13-20-16-12-18-23(22(20)17-9-6-3)27-28(25,26)24-19-11-10-15-21(24)14-8-5-2/h10-12,15-16,18-19H,4-9,13-14,17H2,1-3H3,(H,25,26). The van der Waals surface area contributed by atoms with E-state index in [4.69, 9.17) is 4.52 Å². The van der Waals surface area contributed by atoms with Gasteiger partial charge in [-0.3, -0.25) is 0 Å². The van der Waals surface area contributed by atoms with Gasteiger partial charge >= 0.3 is 7.60 Å². The minimum absolute atomic E-state index is 0.434. The van der Waals surface area contributed by atoms with Crippen molar-refractivity contribution >= 4 is 12.9 Å². The molecule has 0 bridgehead atoms. The SMILES string of the molecule is CCCCc1ccccc1P(=O)(O)Oc1cccc(CCCC)c1CCCC. The molecule has 28 heavy (non-hydrogen) atoms. The lowest BCUT2D eigenvalue weighted by Gasteiger charge is -2.20. The summed E-state index contributed by atoms with van der Waals surface area (Å²) in [5.74, 6) is 0.568. The Bertz CT molecular complexity index is 785. The molecule has 0 radical (unpaired) electrons. The molecule has 0 fully saturated rings. The van der Waals surface area contributed by atoms with Crippen molar-refractivity contribution in [3.63, 3.8) is 0 Å². The van der Waals surface area contributed by atoms with E-state index in [-0.39, 0.29) is 0 Å². The Labute approximate surface area is 170 Å². The highest BCUT2D eigenvalue weighted by Crippen LogP contribution is 2.44. The van der Waals surface area contributed by atoms with Crippen LogP contribution in [0.25, 0.3) is 0 Å². The van der Waals surface area contributed by atoms with Crippen LogP contribution in [0, 0.1) is 0 Å². The molecule has 4 heteroatoms. The summed E-state index contributed by atoms with van der Waals surface area (Å²) in [6.07, 6.45) is 9.05. The molecule has 0 amide bonds. The molecule has 0 saturated carbocycles. The Hall–Kier alpha value is -1.57. The van der Waals surface area contributed by atoms with Crippen molar-refractivity contribution in [3.8, 4) is 5.75 Å².